The van der Waals surface area contributed by atoms with Gasteiger partial charge < -0.3 is 15.2 Å². The molecule has 7 nitrogen and oxygen atoms in total. The van der Waals surface area contributed by atoms with Gasteiger partial charge in [-0.3, -0.25) is 9.59 Å². The van der Waals surface area contributed by atoms with Crippen LogP contribution in [0.4, 0.5) is 10.5 Å². The number of aromatic amines is 1. The fourth-order valence-corrected chi connectivity index (χ4v) is 5.29. The second kappa shape index (κ2) is 7.84. The van der Waals surface area contributed by atoms with Gasteiger partial charge in [-0.25, -0.2) is 9.69 Å². The van der Waals surface area contributed by atoms with Crippen LogP contribution in [0.5, 0.6) is 0 Å². The second-order valence-electron chi connectivity index (χ2n) is 9.14. The minimum atomic E-state index is -1.13. The number of benzene rings is 3. The standard InChI is InChI=1S/C28H24N4O3/c1-28-24-22(21-12-5-6-13-23(21)30-24)14-15-31(28)27(35)32(26(28)34)20-11-7-10-19(16-20)25(33)29-17-18-8-3-2-4-9-18/h2-13,16,30H,14-15,17H2,1H3,(H,29,33)/t28-/m0/s1. The summed E-state index contributed by atoms with van der Waals surface area (Å²) in [7, 11) is 0. The van der Waals surface area contributed by atoms with Gasteiger partial charge in [0.1, 0.15) is 0 Å². The molecule has 3 heterocycles. The topological polar surface area (TPSA) is 85.5 Å². The zero-order chi connectivity index (χ0) is 24.2. The Morgan fingerprint density at radius 1 is 1.00 bits per heavy atom. The molecule has 6 rings (SSSR count). The molecule has 0 aliphatic carbocycles. The summed E-state index contributed by atoms with van der Waals surface area (Å²) in [6.07, 6.45) is 0.670. The smallest absolute Gasteiger partial charge is 0.332 e. The lowest BCUT2D eigenvalue weighted by atomic mass is 9.87. The molecule has 1 fully saturated rings. The first-order valence-corrected chi connectivity index (χ1v) is 11.7. The van der Waals surface area contributed by atoms with Crippen molar-refractivity contribution in [2.75, 3.05) is 11.4 Å². The van der Waals surface area contributed by atoms with E-state index in [1.165, 1.54) is 4.90 Å². The zero-order valence-electron chi connectivity index (χ0n) is 19.2. The Balaban J connectivity index is 1.32. The van der Waals surface area contributed by atoms with E-state index in [9.17, 15) is 14.4 Å². The minimum Gasteiger partial charge on any atom is -0.356 e. The number of carbonyl (C=O) groups excluding carboxylic acids is 3. The van der Waals surface area contributed by atoms with Gasteiger partial charge in [0.15, 0.2) is 5.54 Å². The molecule has 2 aliphatic rings. The van der Waals surface area contributed by atoms with Crippen LogP contribution in [-0.4, -0.2) is 34.3 Å². The summed E-state index contributed by atoms with van der Waals surface area (Å²) in [6.45, 7) is 2.64. The van der Waals surface area contributed by atoms with Crippen molar-refractivity contribution in [2.24, 2.45) is 0 Å². The van der Waals surface area contributed by atoms with Crippen LogP contribution in [0.15, 0.2) is 78.9 Å². The molecule has 7 heteroatoms. The minimum absolute atomic E-state index is 0.267. The third-order valence-electron chi connectivity index (χ3n) is 7.13. The highest BCUT2D eigenvalue weighted by Gasteiger charge is 2.59. The van der Waals surface area contributed by atoms with Crippen molar-refractivity contribution < 1.29 is 14.4 Å². The number of H-pyrrole nitrogens is 1. The van der Waals surface area contributed by atoms with Gasteiger partial charge >= 0.3 is 6.03 Å². The van der Waals surface area contributed by atoms with Crippen molar-refractivity contribution in [3.63, 3.8) is 0 Å². The molecular weight excluding hydrogens is 440 g/mol. The second-order valence-corrected chi connectivity index (χ2v) is 9.14. The molecule has 0 saturated carbocycles. The summed E-state index contributed by atoms with van der Waals surface area (Å²) in [6, 6.07) is 23.9. The number of aromatic nitrogens is 1. The van der Waals surface area contributed by atoms with E-state index in [0.29, 0.717) is 30.8 Å². The van der Waals surface area contributed by atoms with Crippen molar-refractivity contribution >= 4 is 34.4 Å². The predicted molar refractivity (Wildman–Crippen MR) is 133 cm³/mol. The lowest BCUT2D eigenvalue weighted by Crippen LogP contribution is -2.49. The zero-order valence-corrected chi connectivity index (χ0v) is 19.2. The van der Waals surface area contributed by atoms with Crippen LogP contribution in [0.3, 0.4) is 0 Å². The maximum absolute atomic E-state index is 13.8. The first-order valence-electron chi connectivity index (χ1n) is 11.7. The Hall–Kier alpha value is -4.39. The van der Waals surface area contributed by atoms with Crippen LogP contribution >= 0.6 is 0 Å². The number of hydrogen-bond acceptors (Lipinski definition) is 3. The van der Waals surface area contributed by atoms with E-state index in [4.69, 9.17) is 0 Å². The molecule has 2 aliphatic heterocycles. The highest BCUT2D eigenvalue weighted by atomic mass is 16.2. The molecule has 35 heavy (non-hydrogen) atoms. The fraction of sp³-hybridized carbons (Fsp3) is 0.179. The number of imide groups is 1. The number of para-hydroxylation sites is 1. The Morgan fingerprint density at radius 2 is 1.77 bits per heavy atom. The summed E-state index contributed by atoms with van der Waals surface area (Å²) in [4.78, 5) is 46.4. The molecule has 4 amide bonds. The molecule has 0 radical (unpaired) electrons. The van der Waals surface area contributed by atoms with Gasteiger partial charge in [-0.15, -0.1) is 0 Å². The van der Waals surface area contributed by atoms with Crippen LogP contribution in [0.25, 0.3) is 10.9 Å². The average Bonchev–Trinajstić information content (AvgIpc) is 3.36. The Morgan fingerprint density at radius 3 is 2.60 bits per heavy atom. The summed E-state index contributed by atoms with van der Waals surface area (Å²) in [5.74, 6) is -0.589. The van der Waals surface area contributed by atoms with Crippen LogP contribution in [0, 0.1) is 0 Å². The normalized spacial score (nSPS) is 19.1. The molecule has 2 N–H and O–H groups in total. The van der Waals surface area contributed by atoms with E-state index in [1.807, 2.05) is 54.6 Å². The van der Waals surface area contributed by atoms with Crippen molar-refractivity contribution in [1.82, 2.24) is 15.2 Å². The number of urea groups is 1. The number of fused-ring (bicyclic) bond motifs is 5. The molecule has 0 bridgehead atoms. The van der Waals surface area contributed by atoms with Gasteiger partial charge in [0.25, 0.3) is 11.8 Å². The first kappa shape index (κ1) is 21.2. The fourth-order valence-electron chi connectivity index (χ4n) is 5.29. The van der Waals surface area contributed by atoms with E-state index < -0.39 is 5.54 Å². The maximum atomic E-state index is 13.8. The molecule has 0 spiro atoms. The Kier molecular flexibility index (Phi) is 4.74. The van der Waals surface area contributed by atoms with Crippen LogP contribution < -0.4 is 10.2 Å². The first-order chi connectivity index (χ1) is 17.0. The average molecular weight is 465 g/mol. The molecule has 1 atom stereocenters. The van der Waals surface area contributed by atoms with Crippen LogP contribution in [-0.2, 0) is 23.3 Å². The van der Waals surface area contributed by atoms with Gasteiger partial charge in [0.05, 0.1) is 11.4 Å². The third kappa shape index (κ3) is 3.15. The maximum Gasteiger partial charge on any atom is 0.332 e. The SMILES string of the molecule is C[C@]12C(=O)N(c3cccc(C(=O)NCc4ccccc4)c3)C(=O)N1CCc1c2[nH]c2ccccc12. The summed E-state index contributed by atoms with van der Waals surface area (Å²) in [5.41, 5.74) is 3.44. The number of hydrogen-bond donors (Lipinski definition) is 2. The molecule has 0 unspecified atom stereocenters. The monoisotopic (exact) mass is 464 g/mol. The number of nitrogens with zero attached hydrogens (tertiary/aromatic N) is 2. The molecule has 4 aromatic rings. The van der Waals surface area contributed by atoms with Gasteiger partial charge in [0.2, 0.25) is 0 Å². The Labute approximate surface area is 202 Å². The molecule has 174 valence electrons. The lowest BCUT2D eigenvalue weighted by molar-refractivity contribution is -0.125. The van der Waals surface area contributed by atoms with Crippen molar-refractivity contribution in [3.05, 3.63) is 101 Å². The number of carbonyl (C=O) groups is 3. The van der Waals surface area contributed by atoms with Crippen molar-refractivity contribution in [3.8, 4) is 0 Å². The van der Waals surface area contributed by atoms with Gasteiger partial charge in [-0.05, 0) is 48.7 Å². The van der Waals surface area contributed by atoms with E-state index in [0.717, 1.165) is 27.7 Å². The number of amides is 4. The summed E-state index contributed by atoms with van der Waals surface area (Å²) < 4.78 is 0. The largest absolute Gasteiger partial charge is 0.356 e. The molecule has 3 aromatic carbocycles. The molecule has 1 aromatic heterocycles. The number of anilines is 1. The summed E-state index contributed by atoms with van der Waals surface area (Å²) in [5, 5.41) is 3.98. The van der Waals surface area contributed by atoms with E-state index in [2.05, 4.69) is 10.3 Å². The highest BCUT2D eigenvalue weighted by Crippen LogP contribution is 2.45. The van der Waals surface area contributed by atoms with Gasteiger partial charge in [-0.2, -0.15) is 0 Å². The number of rotatable bonds is 4. The van der Waals surface area contributed by atoms with E-state index in [1.54, 1.807) is 36.1 Å². The highest BCUT2D eigenvalue weighted by molar-refractivity contribution is 6.24. The predicted octanol–water partition coefficient (Wildman–Crippen LogP) is 4.34. The Bertz CT molecular complexity index is 1490. The lowest BCUT2D eigenvalue weighted by Gasteiger charge is -2.35. The van der Waals surface area contributed by atoms with Gasteiger partial charge in [-0.1, -0.05) is 54.6 Å². The number of nitrogens with one attached hydrogen (secondary N) is 2. The molecular formula is C28H24N4O3. The van der Waals surface area contributed by atoms with Crippen LogP contribution in [0.2, 0.25) is 0 Å². The quantitative estimate of drug-likeness (QED) is 0.441. The third-order valence-corrected chi connectivity index (χ3v) is 7.13. The van der Waals surface area contributed by atoms with Crippen molar-refractivity contribution in [2.45, 2.75) is 25.4 Å². The van der Waals surface area contributed by atoms with Gasteiger partial charge in [0, 0.05) is 29.6 Å². The van der Waals surface area contributed by atoms with E-state index >= 15 is 0 Å². The van der Waals surface area contributed by atoms with Crippen molar-refractivity contribution in [1.29, 1.82) is 0 Å². The van der Waals surface area contributed by atoms with E-state index in [-0.39, 0.29) is 17.8 Å². The molecule has 1 saturated heterocycles. The summed E-state index contributed by atoms with van der Waals surface area (Å²) >= 11 is 0. The van der Waals surface area contributed by atoms with Crippen LogP contribution in [0.1, 0.15) is 34.1 Å².